The van der Waals surface area contributed by atoms with E-state index in [0.29, 0.717) is 0 Å². The molecule has 3 rings (SSSR count). The molecule has 2 aromatic heterocycles. The van der Waals surface area contributed by atoms with Crippen molar-refractivity contribution >= 4 is 27.1 Å². The number of nitrogens with zero attached hydrogens (tertiary/aromatic N) is 4. The molecule has 4 N–H and O–H groups in total. The monoisotopic (exact) mass is 375 g/mol. The summed E-state index contributed by atoms with van der Waals surface area (Å²) in [7, 11) is -1.67. The van der Waals surface area contributed by atoms with E-state index in [-0.39, 0.29) is 17.0 Å². The predicted molar refractivity (Wildman–Crippen MR) is 82.1 cm³/mol. The van der Waals surface area contributed by atoms with Crippen molar-refractivity contribution in [2.24, 2.45) is 0 Å². The molecular formula is C12H17N5O7S. The van der Waals surface area contributed by atoms with Crippen molar-refractivity contribution in [1.29, 1.82) is 0 Å². The summed E-state index contributed by atoms with van der Waals surface area (Å²) in [4.78, 5) is 11.9. The second kappa shape index (κ2) is 6.44. The lowest BCUT2D eigenvalue weighted by atomic mass is 10.1. The highest BCUT2D eigenvalue weighted by Gasteiger charge is 2.44. The molecule has 1 fully saturated rings. The van der Waals surface area contributed by atoms with E-state index in [2.05, 4.69) is 24.5 Å². The molecule has 0 radical (unpaired) electrons. The van der Waals surface area contributed by atoms with Crippen LogP contribution in [0.1, 0.15) is 6.23 Å². The number of imidazole rings is 1. The molecule has 0 aromatic carbocycles. The van der Waals surface area contributed by atoms with Gasteiger partial charge in [-0.2, -0.15) is 18.4 Å². The normalized spacial score (nSPS) is 27.1. The van der Waals surface area contributed by atoms with Gasteiger partial charge in [0.25, 0.3) is 5.16 Å². The summed E-state index contributed by atoms with van der Waals surface area (Å²) in [6, 6.07) is 0. The minimum absolute atomic E-state index is 0.0461. The van der Waals surface area contributed by atoms with E-state index in [4.69, 9.17) is 4.74 Å². The molecule has 1 aliphatic rings. The molecule has 2 aromatic rings. The Labute approximate surface area is 142 Å². The Kier molecular flexibility index (Phi) is 4.61. The number of rotatable bonds is 5. The van der Waals surface area contributed by atoms with Crippen molar-refractivity contribution in [1.82, 2.24) is 19.5 Å². The van der Waals surface area contributed by atoms with E-state index in [0.717, 1.165) is 7.11 Å². The maximum absolute atomic E-state index is 11.9. The fraction of sp³-hybridized carbons (Fsp3) is 0.583. The van der Waals surface area contributed by atoms with Crippen molar-refractivity contribution in [2.45, 2.75) is 29.7 Å². The Morgan fingerprint density at radius 1 is 1.36 bits per heavy atom. The second-order valence-electron chi connectivity index (χ2n) is 5.28. The largest absolute Gasteiger partial charge is 0.394 e. The number of fused-ring (bicyclic) bond motifs is 1. The first-order valence-corrected chi connectivity index (χ1v) is 8.60. The van der Waals surface area contributed by atoms with E-state index in [9.17, 15) is 23.7 Å². The summed E-state index contributed by atoms with van der Waals surface area (Å²) < 4.78 is 35.0. The van der Waals surface area contributed by atoms with Crippen molar-refractivity contribution in [3.05, 3.63) is 6.33 Å². The van der Waals surface area contributed by atoms with Crippen LogP contribution in [0.5, 0.6) is 0 Å². The lowest BCUT2D eigenvalue weighted by Gasteiger charge is -2.16. The number of aliphatic hydroxyl groups excluding tert-OH is 3. The van der Waals surface area contributed by atoms with Gasteiger partial charge in [-0.25, -0.2) is 4.98 Å². The first-order valence-electron chi connectivity index (χ1n) is 7.19. The fourth-order valence-corrected chi connectivity index (χ4v) is 3.10. The molecular weight excluding hydrogens is 358 g/mol. The Morgan fingerprint density at radius 2 is 2.08 bits per heavy atom. The van der Waals surface area contributed by atoms with E-state index in [1.165, 1.54) is 17.9 Å². The average Bonchev–Trinajstić information content (AvgIpc) is 3.15. The summed E-state index contributed by atoms with van der Waals surface area (Å²) in [5, 5.41) is 31.4. The number of aromatic nitrogens is 4. The number of hydrogen-bond acceptors (Lipinski definition) is 11. The molecule has 138 valence electrons. The molecule has 0 aliphatic carbocycles. The van der Waals surface area contributed by atoms with Gasteiger partial charge in [0.2, 0.25) is 0 Å². The van der Waals surface area contributed by atoms with Gasteiger partial charge in [-0.3, -0.25) is 8.75 Å². The summed E-state index contributed by atoms with van der Waals surface area (Å²) in [5.74, 6) is 0.131. The molecule has 1 aliphatic heterocycles. The maximum Gasteiger partial charge on any atom is 0.332 e. The van der Waals surface area contributed by atoms with Gasteiger partial charge in [0.05, 0.1) is 20.0 Å². The minimum atomic E-state index is -4.18. The van der Waals surface area contributed by atoms with Crippen molar-refractivity contribution in [3.8, 4) is 0 Å². The van der Waals surface area contributed by atoms with Gasteiger partial charge in [0, 0.05) is 7.05 Å². The number of ether oxygens (including phenoxy) is 1. The van der Waals surface area contributed by atoms with Gasteiger partial charge in [-0.1, -0.05) is 0 Å². The summed E-state index contributed by atoms with van der Waals surface area (Å²) >= 11 is 0. The fourth-order valence-electron chi connectivity index (χ4n) is 2.55. The molecule has 0 spiro atoms. The number of anilines is 1. The Morgan fingerprint density at radius 3 is 2.64 bits per heavy atom. The standard InChI is InChI=1S/C12H17N5O7S/c1-13-9-6-10(16-12(15-9)25(21,22)23-2)17(4-14-6)11-8(20)7(19)5(3-18)24-11/h4-5,7-8,11,18-20H,3H2,1-2H3,(H,13,15,16)/t5-,7-,8-,11-/m1/s1. The highest BCUT2D eigenvalue weighted by Crippen LogP contribution is 2.32. The summed E-state index contributed by atoms with van der Waals surface area (Å²) in [6.45, 7) is -0.499. The molecule has 13 heteroatoms. The van der Waals surface area contributed by atoms with Gasteiger partial charge < -0.3 is 25.4 Å². The SMILES string of the molecule is CNc1nc(S(=O)(=O)OC)nc2c1ncn2[C@@H]1O[C@H](CO)[C@@H](O)[C@H]1O. The van der Waals surface area contributed by atoms with Crippen LogP contribution in [0, 0.1) is 0 Å². The average molecular weight is 375 g/mol. The van der Waals surface area contributed by atoms with Crippen molar-refractivity contribution in [2.75, 3.05) is 26.1 Å². The van der Waals surface area contributed by atoms with Crippen LogP contribution in [0.2, 0.25) is 0 Å². The van der Waals surface area contributed by atoms with Crippen LogP contribution >= 0.6 is 0 Å². The van der Waals surface area contributed by atoms with Crippen LogP contribution in [0.3, 0.4) is 0 Å². The lowest BCUT2D eigenvalue weighted by Crippen LogP contribution is -2.33. The smallest absolute Gasteiger partial charge is 0.332 e. The molecule has 3 heterocycles. The second-order valence-corrected chi connectivity index (χ2v) is 6.89. The van der Waals surface area contributed by atoms with Crippen LogP contribution in [0.15, 0.2) is 11.5 Å². The van der Waals surface area contributed by atoms with Gasteiger partial charge in [0.1, 0.15) is 18.3 Å². The Hall–Kier alpha value is -1.90. The van der Waals surface area contributed by atoms with Crippen LogP contribution in [-0.2, 0) is 19.0 Å². The molecule has 0 unspecified atom stereocenters. The molecule has 12 nitrogen and oxygen atoms in total. The van der Waals surface area contributed by atoms with Crippen LogP contribution in [-0.4, -0.2) is 82.3 Å². The van der Waals surface area contributed by atoms with Gasteiger partial charge in [0.15, 0.2) is 23.2 Å². The summed E-state index contributed by atoms with van der Waals surface area (Å²) in [5.41, 5.74) is 0.278. The third kappa shape index (κ3) is 2.84. The van der Waals surface area contributed by atoms with Crippen molar-refractivity contribution in [3.63, 3.8) is 0 Å². The summed E-state index contributed by atoms with van der Waals surface area (Å²) in [6.07, 6.45) is -3.53. The first kappa shape index (κ1) is 17.9. The van der Waals surface area contributed by atoms with Crippen LogP contribution in [0.4, 0.5) is 5.82 Å². The maximum atomic E-state index is 11.9. The number of hydrogen-bond donors (Lipinski definition) is 4. The predicted octanol–water partition coefficient (Wildman–Crippen LogP) is -2.19. The zero-order valence-corrected chi connectivity index (χ0v) is 14.1. The van der Waals surface area contributed by atoms with Crippen molar-refractivity contribution < 1.29 is 32.7 Å². The highest BCUT2D eigenvalue weighted by molar-refractivity contribution is 7.86. The Bertz CT molecular complexity index is 885. The number of nitrogens with one attached hydrogen (secondary N) is 1. The first-order chi connectivity index (χ1) is 11.8. The van der Waals surface area contributed by atoms with E-state index in [1.54, 1.807) is 0 Å². The minimum Gasteiger partial charge on any atom is -0.394 e. The van der Waals surface area contributed by atoms with Gasteiger partial charge >= 0.3 is 10.1 Å². The molecule has 4 atom stereocenters. The number of aliphatic hydroxyl groups is 3. The molecule has 0 bridgehead atoms. The van der Waals surface area contributed by atoms with Crippen LogP contribution < -0.4 is 5.32 Å². The molecule has 25 heavy (non-hydrogen) atoms. The van der Waals surface area contributed by atoms with E-state index < -0.39 is 46.4 Å². The molecule has 0 amide bonds. The quantitative estimate of drug-likeness (QED) is 0.331. The molecule has 1 saturated heterocycles. The lowest BCUT2D eigenvalue weighted by molar-refractivity contribution is -0.0511. The highest BCUT2D eigenvalue weighted by atomic mass is 32.2. The zero-order chi connectivity index (χ0) is 18.4. The molecule has 0 saturated carbocycles. The van der Waals surface area contributed by atoms with Crippen LogP contribution in [0.25, 0.3) is 11.2 Å². The van der Waals surface area contributed by atoms with E-state index in [1.807, 2.05) is 0 Å². The third-order valence-corrected chi connectivity index (χ3v) is 4.94. The van der Waals surface area contributed by atoms with Gasteiger partial charge in [-0.15, -0.1) is 0 Å². The zero-order valence-electron chi connectivity index (χ0n) is 13.3. The Balaban J connectivity index is 2.16. The van der Waals surface area contributed by atoms with Gasteiger partial charge in [-0.05, 0) is 0 Å². The van der Waals surface area contributed by atoms with E-state index >= 15 is 0 Å². The third-order valence-electron chi connectivity index (χ3n) is 3.87. The topological polar surface area (TPSA) is 169 Å².